The fraction of sp³-hybridized carbons (Fsp3) is 0.250. The molecular formula is C8H12NO3P+2. The largest absolute Gasteiger partial charge is 0.695 e. The summed E-state index contributed by atoms with van der Waals surface area (Å²) < 4.78 is 15.2. The molecule has 0 aliphatic rings. The summed E-state index contributed by atoms with van der Waals surface area (Å²) in [6, 6.07) is 9.27. The van der Waals surface area contributed by atoms with E-state index in [1.54, 1.807) is 0 Å². The molecule has 70 valence electrons. The van der Waals surface area contributed by atoms with Crippen molar-refractivity contribution in [3.8, 4) is 0 Å². The first-order valence-corrected chi connectivity index (χ1v) is 5.04. The zero-order chi connectivity index (χ0) is 9.68. The molecule has 0 aromatic heterocycles. The fourth-order valence-corrected chi connectivity index (χ4v) is 1.50. The Morgan fingerprint density at radius 3 is 2.54 bits per heavy atom. The third-order valence-electron chi connectivity index (χ3n) is 1.65. The predicted molar refractivity (Wildman–Crippen MR) is 47.8 cm³/mol. The lowest BCUT2D eigenvalue weighted by Gasteiger charge is -2.04. The molecule has 0 saturated carbocycles. The SMILES string of the molecule is [NH3+]CC(O[P+](=O)O)c1ccccc1. The van der Waals surface area contributed by atoms with Crippen LogP contribution in [-0.4, -0.2) is 11.4 Å². The van der Waals surface area contributed by atoms with Crippen LogP contribution in [0.5, 0.6) is 0 Å². The number of hydrogen-bond donors (Lipinski definition) is 2. The summed E-state index contributed by atoms with van der Waals surface area (Å²) in [7, 11) is -2.56. The quantitative estimate of drug-likeness (QED) is 0.702. The van der Waals surface area contributed by atoms with Crippen molar-refractivity contribution >= 4 is 8.25 Å². The van der Waals surface area contributed by atoms with Crippen LogP contribution in [0.4, 0.5) is 0 Å². The maximum absolute atomic E-state index is 10.4. The lowest BCUT2D eigenvalue weighted by molar-refractivity contribution is -0.383. The summed E-state index contributed by atoms with van der Waals surface area (Å²) in [6.07, 6.45) is -0.394. The molecule has 0 aliphatic heterocycles. The Balaban J connectivity index is 2.73. The summed E-state index contributed by atoms with van der Waals surface area (Å²) in [5.41, 5.74) is 4.52. The fourth-order valence-electron chi connectivity index (χ4n) is 1.06. The van der Waals surface area contributed by atoms with Crippen LogP contribution in [0.3, 0.4) is 0 Å². The molecule has 0 aliphatic carbocycles. The van der Waals surface area contributed by atoms with Gasteiger partial charge in [-0.1, -0.05) is 30.3 Å². The minimum Gasteiger partial charge on any atom is -0.355 e. The van der Waals surface area contributed by atoms with Crippen LogP contribution in [0.15, 0.2) is 30.3 Å². The van der Waals surface area contributed by atoms with Gasteiger partial charge in [0.1, 0.15) is 6.54 Å². The van der Waals surface area contributed by atoms with Crippen LogP contribution in [0.25, 0.3) is 0 Å². The number of rotatable bonds is 4. The Morgan fingerprint density at radius 2 is 2.08 bits per heavy atom. The molecular weight excluding hydrogens is 189 g/mol. The van der Waals surface area contributed by atoms with Crippen molar-refractivity contribution in [2.45, 2.75) is 6.10 Å². The molecule has 13 heavy (non-hydrogen) atoms. The molecule has 0 saturated heterocycles. The molecule has 2 atom stereocenters. The van der Waals surface area contributed by atoms with Crippen molar-refractivity contribution < 1.29 is 19.7 Å². The van der Waals surface area contributed by atoms with E-state index in [2.05, 4.69) is 5.73 Å². The molecule has 4 N–H and O–H groups in total. The Kier molecular flexibility index (Phi) is 3.99. The molecule has 0 fully saturated rings. The van der Waals surface area contributed by atoms with E-state index in [0.29, 0.717) is 6.54 Å². The molecule has 5 heteroatoms. The predicted octanol–water partition coefficient (Wildman–Crippen LogP) is 0.636. The smallest absolute Gasteiger partial charge is 0.355 e. The second-order valence-corrected chi connectivity index (χ2v) is 3.22. The van der Waals surface area contributed by atoms with Gasteiger partial charge in [-0.15, -0.1) is 9.42 Å². The molecule has 1 rings (SSSR count). The molecule has 0 radical (unpaired) electrons. The normalized spacial score (nSPS) is 13.8. The van der Waals surface area contributed by atoms with E-state index in [1.807, 2.05) is 30.3 Å². The molecule has 1 aromatic rings. The van der Waals surface area contributed by atoms with E-state index in [4.69, 9.17) is 9.42 Å². The maximum atomic E-state index is 10.4. The Labute approximate surface area is 77.3 Å². The monoisotopic (exact) mass is 201 g/mol. The van der Waals surface area contributed by atoms with Crippen LogP contribution in [0.2, 0.25) is 0 Å². The van der Waals surface area contributed by atoms with Crippen molar-refractivity contribution in [3.63, 3.8) is 0 Å². The van der Waals surface area contributed by atoms with Crippen molar-refractivity contribution in [2.75, 3.05) is 6.54 Å². The number of hydrogen-bond acceptors (Lipinski definition) is 2. The summed E-state index contributed by atoms with van der Waals surface area (Å²) in [5, 5.41) is 0. The first kappa shape index (κ1) is 10.3. The van der Waals surface area contributed by atoms with Gasteiger partial charge in [-0.3, -0.25) is 0 Å². The van der Waals surface area contributed by atoms with Crippen LogP contribution in [0, 0.1) is 0 Å². The zero-order valence-corrected chi connectivity index (χ0v) is 7.98. The van der Waals surface area contributed by atoms with Gasteiger partial charge in [0.25, 0.3) is 0 Å². The van der Waals surface area contributed by atoms with Gasteiger partial charge in [-0.25, -0.2) is 0 Å². The van der Waals surface area contributed by atoms with Gasteiger partial charge in [-0.2, -0.15) is 0 Å². The molecule has 0 heterocycles. The van der Waals surface area contributed by atoms with E-state index < -0.39 is 14.4 Å². The minimum atomic E-state index is -2.56. The van der Waals surface area contributed by atoms with Gasteiger partial charge in [0.2, 0.25) is 0 Å². The van der Waals surface area contributed by atoms with E-state index >= 15 is 0 Å². The highest BCUT2D eigenvalue weighted by Crippen LogP contribution is 2.27. The Bertz CT molecular complexity index is 278. The van der Waals surface area contributed by atoms with Gasteiger partial charge in [-0.05, 0) is 5.56 Å². The lowest BCUT2D eigenvalue weighted by atomic mass is 10.1. The highest BCUT2D eigenvalue weighted by Gasteiger charge is 2.24. The minimum absolute atomic E-state index is 0.394. The first-order chi connectivity index (χ1) is 6.24. The third-order valence-corrected chi connectivity index (χ3v) is 2.09. The van der Waals surface area contributed by atoms with Gasteiger partial charge in [0.15, 0.2) is 6.10 Å². The highest BCUT2D eigenvalue weighted by molar-refractivity contribution is 7.32. The molecule has 0 spiro atoms. The van der Waals surface area contributed by atoms with Gasteiger partial charge in [0, 0.05) is 4.57 Å². The molecule has 0 bridgehead atoms. The van der Waals surface area contributed by atoms with Gasteiger partial charge in [0.05, 0.1) is 0 Å². The van der Waals surface area contributed by atoms with Gasteiger partial charge >= 0.3 is 8.25 Å². The topological polar surface area (TPSA) is 74.2 Å². The summed E-state index contributed by atoms with van der Waals surface area (Å²) in [6.45, 7) is 0.436. The second kappa shape index (κ2) is 5.04. The third kappa shape index (κ3) is 3.20. The number of quaternary nitrogens is 1. The van der Waals surface area contributed by atoms with E-state index in [-0.39, 0.29) is 0 Å². The Morgan fingerprint density at radius 1 is 1.46 bits per heavy atom. The van der Waals surface area contributed by atoms with Crippen LogP contribution >= 0.6 is 8.25 Å². The average molecular weight is 201 g/mol. The van der Waals surface area contributed by atoms with Crippen molar-refractivity contribution in [1.29, 1.82) is 0 Å². The van der Waals surface area contributed by atoms with E-state index in [9.17, 15) is 4.57 Å². The first-order valence-electron chi connectivity index (χ1n) is 3.91. The van der Waals surface area contributed by atoms with E-state index in [1.165, 1.54) is 0 Å². The molecule has 0 amide bonds. The zero-order valence-electron chi connectivity index (χ0n) is 7.09. The lowest BCUT2D eigenvalue weighted by Crippen LogP contribution is -2.53. The van der Waals surface area contributed by atoms with Gasteiger partial charge < -0.3 is 5.73 Å². The standard InChI is InChI=1S/C8H10NO3P/c9-6-8(12-13(10)11)7-4-2-1-3-5-7/h1-5,8H,6,9H2/p+2. The van der Waals surface area contributed by atoms with Crippen molar-refractivity contribution in [2.24, 2.45) is 0 Å². The molecule has 1 aromatic carbocycles. The second-order valence-electron chi connectivity index (χ2n) is 2.53. The average Bonchev–Trinajstić information content (AvgIpc) is 2.15. The van der Waals surface area contributed by atoms with Crippen LogP contribution in [-0.2, 0) is 9.09 Å². The summed E-state index contributed by atoms with van der Waals surface area (Å²) in [5.74, 6) is 0. The van der Waals surface area contributed by atoms with Crippen LogP contribution in [0.1, 0.15) is 11.7 Å². The maximum Gasteiger partial charge on any atom is 0.695 e. The number of benzene rings is 1. The van der Waals surface area contributed by atoms with E-state index in [0.717, 1.165) is 5.56 Å². The van der Waals surface area contributed by atoms with Crippen LogP contribution < -0.4 is 5.73 Å². The van der Waals surface area contributed by atoms with Crippen molar-refractivity contribution in [3.05, 3.63) is 35.9 Å². The molecule has 4 nitrogen and oxygen atoms in total. The molecule has 2 unspecified atom stereocenters. The van der Waals surface area contributed by atoms with Crippen molar-refractivity contribution in [1.82, 2.24) is 0 Å². The highest BCUT2D eigenvalue weighted by atomic mass is 31.1. The summed E-state index contributed by atoms with van der Waals surface area (Å²) >= 11 is 0. The Hall–Kier alpha value is -0.800. The summed E-state index contributed by atoms with van der Waals surface area (Å²) in [4.78, 5) is 8.57.